The van der Waals surface area contributed by atoms with E-state index in [1.54, 1.807) is 0 Å². The summed E-state index contributed by atoms with van der Waals surface area (Å²) in [6.45, 7) is 2.21. The zero-order valence-electron chi connectivity index (χ0n) is 15.2. The van der Waals surface area contributed by atoms with Crippen LogP contribution in [0.1, 0.15) is 34.7 Å². The maximum Gasteiger partial charge on any atom is 0.255 e. The quantitative estimate of drug-likeness (QED) is 0.767. The highest BCUT2D eigenvalue weighted by Gasteiger charge is 2.19. The van der Waals surface area contributed by atoms with Crippen LogP contribution in [0.5, 0.6) is 0 Å². The SMILES string of the molecule is CN1CCC(c2ccc(C(=O)Nc3ccc(F)c4nccnc34)cc2)CC1. The Balaban J connectivity index is 1.51. The molecule has 2 aromatic carbocycles. The van der Waals surface area contributed by atoms with Crippen molar-refractivity contribution in [1.82, 2.24) is 14.9 Å². The molecule has 0 radical (unpaired) electrons. The molecule has 3 aromatic rings. The zero-order valence-corrected chi connectivity index (χ0v) is 15.2. The number of hydrogen-bond donors (Lipinski definition) is 1. The standard InChI is InChI=1S/C21H21FN4O/c1-26-12-8-15(9-13-26)14-2-4-16(5-3-14)21(27)25-18-7-6-17(22)19-20(18)24-11-10-23-19/h2-7,10-11,15H,8-9,12-13H2,1H3,(H,25,27). The number of likely N-dealkylation sites (tertiary alicyclic amines) is 1. The van der Waals surface area contributed by atoms with Gasteiger partial charge >= 0.3 is 0 Å². The average molecular weight is 364 g/mol. The highest BCUT2D eigenvalue weighted by atomic mass is 19.1. The third-order valence-electron chi connectivity index (χ3n) is 5.19. The van der Waals surface area contributed by atoms with Gasteiger partial charge in [-0.2, -0.15) is 0 Å². The van der Waals surface area contributed by atoms with Crippen molar-refractivity contribution in [3.05, 3.63) is 65.7 Å². The second-order valence-electron chi connectivity index (χ2n) is 7.00. The lowest BCUT2D eigenvalue weighted by molar-refractivity contribution is 0.102. The van der Waals surface area contributed by atoms with Crippen molar-refractivity contribution < 1.29 is 9.18 Å². The fraction of sp³-hybridized carbons (Fsp3) is 0.286. The second kappa shape index (κ2) is 7.40. The molecule has 0 unspecified atom stereocenters. The van der Waals surface area contributed by atoms with Crippen LogP contribution in [0.4, 0.5) is 10.1 Å². The number of anilines is 1. The van der Waals surface area contributed by atoms with Crippen molar-refractivity contribution in [3.8, 4) is 0 Å². The summed E-state index contributed by atoms with van der Waals surface area (Å²) in [5.74, 6) is -0.156. The minimum absolute atomic E-state index is 0.146. The molecule has 1 aliphatic rings. The Bertz CT molecular complexity index is 966. The van der Waals surface area contributed by atoms with E-state index in [1.165, 1.54) is 30.1 Å². The van der Waals surface area contributed by atoms with Crippen LogP contribution in [0.25, 0.3) is 11.0 Å². The molecule has 0 saturated carbocycles. The first-order valence-electron chi connectivity index (χ1n) is 9.11. The molecule has 1 aromatic heterocycles. The molecule has 6 heteroatoms. The molecule has 0 spiro atoms. The second-order valence-corrected chi connectivity index (χ2v) is 7.00. The Labute approximate surface area is 157 Å². The number of nitrogens with one attached hydrogen (secondary N) is 1. The molecule has 5 nitrogen and oxygen atoms in total. The van der Waals surface area contributed by atoms with Gasteiger partial charge in [-0.1, -0.05) is 12.1 Å². The zero-order chi connectivity index (χ0) is 18.8. The lowest BCUT2D eigenvalue weighted by atomic mass is 9.89. The van der Waals surface area contributed by atoms with Gasteiger partial charge in [0.25, 0.3) is 5.91 Å². The number of carbonyl (C=O) groups is 1. The van der Waals surface area contributed by atoms with E-state index in [2.05, 4.69) is 27.2 Å². The number of piperidine rings is 1. The molecular weight excluding hydrogens is 343 g/mol. The lowest BCUT2D eigenvalue weighted by Crippen LogP contribution is -2.29. The molecular formula is C21H21FN4O. The van der Waals surface area contributed by atoms with E-state index < -0.39 is 5.82 Å². The molecule has 1 N–H and O–H groups in total. The third kappa shape index (κ3) is 3.66. The summed E-state index contributed by atoms with van der Waals surface area (Å²) in [5.41, 5.74) is 2.77. The van der Waals surface area contributed by atoms with Gasteiger partial charge < -0.3 is 10.2 Å². The van der Waals surface area contributed by atoms with Crippen molar-refractivity contribution >= 4 is 22.6 Å². The van der Waals surface area contributed by atoms with Crippen LogP contribution in [0.2, 0.25) is 0 Å². The summed E-state index contributed by atoms with van der Waals surface area (Å²) in [5, 5.41) is 2.82. The van der Waals surface area contributed by atoms with Gasteiger partial charge in [0, 0.05) is 18.0 Å². The number of benzene rings is 2. The molecule has 1 fully saturated rings. The maximum absolute atomic E-state index is 13.9. The van der Waals surface area contributed by atoms with Crippen LogP contribution in [0.3, 0.4) is 0 Å². The molecule has 4 rings (SSSR count). The maximum atomic E-state index is 13.9. The Morgan fingerprint density at radius 2 is 1.70 bits per heavy atom. The molecule has 1 amide bonds. The van der Waals surface area contributed by atoms with E-state index in [1.807, 2.05) is 24.3 Å². The summed E-state index contributed by atoms with van der Waals surface area (Å²) in [7, 11) is 2.15. The van der Waals surface area contributed by atoms with Crippen LogP contribution in [-0.2, 0) is 0 Å². The Morgan fingerprint density at radius 3 is 2.41 bits per heavy atom. The first-order chi connectivity index (χ1) is 13.1. The van der Waals surface area contributed by atoms with Crippen molar-refractivity contribution in [3.63, 3.8) is 0 Å². The van der Waals surface area contributed by atoms with Gasteiger partial charge in [0.1, 0.15) is 11.0 Å². The molecule has 138 valence electrons. The normalized spacial score (nSPS) is 15.8. The van der Waals surface area contributed by atoms with E-state index in [-0.39, 0.29) is 11.4 Å². The van der Waals surface area contributed by atoms with Gasteiger partial charge in [-0.3, -0.25) is 9.78 Å². The Morgan fingerprint density at radius 1 is 1.04 bits per heavy atom. The van der Waals surface area contributed by atoms with Crippen LogP contribution >= 0.6 is 0 Å². The van der Waals surface area contributed by atoms with Crippen LogP contribution in [0, 0.1) is 5.82 Å². The molecule has 27 heavy (non-hydrogen) atoms. The fourth-order valence-corrected chi connectivity index (χ4v) is 3.57. The van der Waals surface area contributed by atoms with Crippen molar-refractivity contribution in [2.45, 2.75) is 18.8 Å². The predicted octanol–water partition coefficient (Wildman–Crippen LogP) is 3.83. The number of nitrogens with zero attached hydrogens (tertiary/aromatic N) is 3. The predicted molar refractivity (Wildman–Crippen MR) is 103 cm³/mol. The van der Waals surface area contributed by atoms with Gasteiger partial charge in [0.05, 0.1) is 5.69 Å². The van der Waals surface area contributed by atoms with E-state index in [4.69, 9.17) is 0 Å². The minimum Gasteiger partial charge on any atom is -0.320 e. The van der Waals surface area contributed by atoms with Crippen LogP contribution in [-0.4, -0.2) is 40.9 Å². The highest BCUT2D eigenvalue weighted by Crippen LogP contribution is 2.28. The molecule has 0 atom stereocenters. The van der Waals surface area contributed by atoms with Gasteiger partial charge in [-0.05, 0) is 68.7 Å². The van der Waals surface area contributed by atoms with Gasteiger partial charge in [0.15, 0.2) is 5.82 Å². The van der Waals surface area contributed by atoms with E-state index in [0.717, 1.165) is 25.9 Å². The van der Waals surface area contributed by atoms with Crippen molar-refractivity contribution in [2.24, 2.45) is 0 Å². The van der Waals surface area contributed by atoms with E-state index in [9.17, 15) is 9.18 Å². The minimum atomic E-state index is -0.460. The summed E-state index contributed by atoms with van der Waals surface area (Å²) in [4.78, 5) is 23.1. The number of hydrogen-bond acceptors (Lipinski definition) is 4. The Hall–Kier alpha value is -2.86. The third-order valence-corrected chi connectivity index (χ3v) is 5.19. The number of rotatable bonds is 3. The smallest absolute Gasteiger partial charge is 0.255 e. The van der Waals surface area contributed by atoms with Gasteiger partial charge in [-0.15, -0.1) is 0 Å². The number of halogens is 1. The van der Waals surface area contributed by atoms with E-state index >= 15 is 0 Å². The molecule has 1 saturated heterocycles. The number of fused-ring (bicyclic) bond motifs is 1. The summed E-state index contributed by atoms with van der Waals surface area (Å²) in [6.07, 6.45) is 5.19. The number of aromatic nitrogens is 2. The van der Waals surface area contributed by atoms with Crippen molar-refractivity contribution in [1.29, 1.82) is 0 Å². The molecule has 0 aliphatic carbocycles. The topological polar surface area (TPSA) is 58.1 Å². The molecule has 0 bridgehead atoms. The average Bonchev–Trinajstić information content (AvgIpc) is 2.71. The first kappa shape index (κ1) is 17.5. The Kier molecular flexibility index (Phi) is 4.81. The largest absolute Gasteiger partial charge is 0.320 e. The van der Waals surface area contributed by atoms with Crippen LogP contribution in [0.15, 0.2) is 48.8 Å². The monoisotopic (exact) mass is 364 g/mol. The van der Waals surface area contributed by atoms with Crippen LogP contribution < -0.4 is 5.32 Å². The highest BCUT2D eigenvalue weighted by molar-refractivity contribution is 6.07. The van der Waals surface area contributed by atoms with E-state index in [0.29, 0.717) is 22.7 Å². The van der Waals surface area contributed by atoms with Crippen molar-refractivity contribution in [2.75, 3.05) is 25.5 Å². The van der Waals surface area contributed by atoms with Gasteiger partial charge in [0.2, 0.25) is 0 Å². The number of amides is 1. The first-order valence-corrected chi connectivity index (χ1v) is 9.11. The number of carbonyl (C=O) groups excluding carboxylic acids is 1. The summed E-state index contributed by atoms with van der Waals surface area (Å²) in [6, 6.07) is 10.6. The summed E-state index contributed by atoms with van der Waals surface area (Å²) < 4.78 is 13.9. The molecule has 1 aliphatic heterocycles. The lowest BCUT2D eigenvalue weighted by Gasteiger charge is -2.29. The van der Waals surface area contributed by atoms with Gasteiger partial charge in [-0.25, -0.2) is 9.37 Å². The fourth-order valence-electron chi connectivity index (χ4n) is 3.57. The molecule has 2 heterocycles. The summed E-state index contributed by atoms with van der Waals surface area (Å²) >= 11 is 0.